The molecule has 0 aliphatic rings. The average molecular weight is 100 g/mol. The maximum Gasteiger partial charge on any atom is 0.394 e. The van der Waals surface area contributed by atoms with Gasteiger partial charge in [0.05, 0.1) is 0 Å². The maximum absolute atomic E-state index is 9.74. The van der Waals surface area contributed by atoms with Gasteiger partial charge in [-0.25, -0.2) is 9.59 Å². The Labute approximate surface area is 36.7 Å². The summed E-state index contributed by atoms with van der Waals surface area (Å²) >= 11 is 0. The van der Waals surface area contributed by atoms with Gasteiger partial charge < -0.3 is 4.42 Å². The van der Waals surface area contributed by atoms with E-state index in [1.807, 2.05) is 0 Å². The molecule has 0 spiro atoms. The van der Waals surface area contributed by atoms with E-state index in [1.54, 1.807) is 0 Å². The summed E-state index contributed by atoms with van der Waals surface area (Å²) in [6.45, 7) is 0. The fraction of sp³-hybridized carbons (Fsp3) is 0. The Balaban J connectivity index is 3.77. The molecule has 0 atom stereocenters. The van der Waals surface area contributed by atoms with Crippen LogP contribution in [0.1, 0.15) is 0 Å². The minimum Gasteiger partial charge on any atom is -0.380 e. The van der Waals surface area contributed by atoms with Crippen molar-refractivity contribution in [1.82, 2.24) is 0 Å². The second-order valence-corrected chi connectivity index (χ2v) is 1.01. The molecular formula is C3O4. The van der Waals surface area contributed by atoms with Crippen molar-refractivity contribution in [3.63, 3.8) is 0 Å². The van der Waals surface area contributed by atoms with Crippen molar-refractivity contribution in [1.29, 1.82) is 0 Å². The van der Waals surface area contributed by atoms with Crippen molar-refractivity contribution in [2.75, 3.05) is 0 Å². The largest absolute Gasteiger partial charge is 0.394 e. The van der Waals surface area contributed by atoms with E-state index in [1.165, 1.54) is 0 Å². The minimum atomic E-state index is -1.06. The molecule has 0 saturated carbocycles. The molecule has 0 N–H and O–H groups in total. The predicted molar refractivity (Wildman–Crippen MR) is 19.9 cm³/mol. The second kappa shape index (κ2) is 0.900. The van der Waals surface area contributed by atoms with E-state index < -0.39 is 16.7 Å². The van der Waals surface area contributed by atoms with Gasteiger partial charge >= 0.3 is 16.7 Å². The molecule has 0 aromatic carbocycles. The fourth-order valence-electron chi connectivity index (χ4n) is 0.214. The van der Waals surface area contributed by atoms with Crippen LogP contribution in [0.2, 0.25) is 0 Å². The maximum atomic E-state index is 9.74. The lowest BCUT2D eigenvalue weighted by atomic mass is 10.6. The Hall–Kier alpha value is -1.19. The molecule has 0 aliphatic heterocycles. The molecule has 0 aliphatic carbocycles. The third kappa shape index (κ3) is 0.325. The van der Waals surface area contributed by atoms with Crippen LogP contribution < -0.4 is 16.7 Å². The molecule has 7 heavy (non-hydrogen) atoms. The summed E-state index contributed by atoms with van der Waals surface area (Å²) in [7, 11) is 0. The van der Waals surface area contributed by atoms with E-state index in [0.29, 0.717) is 0 Å². The van der Waals surface area contributed by atoms with Crippen LogP contribution in [0.3, 0.4) is 0 Å². The summed E-state index contributed by atoms with van der Waals surface area (Å²) in [4.78, 5) is 29.0. The minimum absolute atomic E-state index is 1.05. The SMILES string of the molecule is O=c1oc(=O)c1=O. The third-order valence-corrected chi connectivity index (χ3v) is 0.556. The molecule has 0 fully saturated rings. The molecule has 0 saturated heterocycles. The molecule has 4 heteroatoms. The Bertz CT molecular complexity index is 258. The molecule has 4 nitrogen and oxygen atoms in total. The van der Waals surface area contributed by atoms with Gasteiger partial charge in [-0.05, 0) is 0 Å². The highest BCUT2D eigenvalue weighted by Crippen LogP contribution is 1.40. The Morgan fingerprint density at radius 2 is 1.43 bits per heavy atom. The lowest BCUT2D eigenvalue weighted by Crippen LogP contribution is -2.45. The third-order valence-electron chi connectivity index (χ3n) is 0.556. The second-order valence-electron chi connectivity index (χ2n) is 1.01. The van der Waals surface area contributed by atoms with Gasteiger partial charge in [-0.15, -0.1) is 0 Å². The van der Waals surface area contributed by atoms with Crippen LogP contribution in [0.15, 0.2) is 18.8 Å². The zero-order chi connectivity index (χ0) is 5.44. The molecular weight excluding hydrogens is 100 g/mol. The summed E-state index contributed by atoms with van der Waals surface area (Å²) in [5.41, 5.74) is -3.16. The molecule has 0 amide bonds. The van der Waals surface area contributed by atoms with E-state index >= 15 is 0 Å². The van der Waals surface area contributed by atoms with Crippen molar-refractivity contribution >= 4 is 0 Å². The quantitative estimate of drug-likeness (QED) is 0.362. The van der Waals surface area contributed by atoms with Crippen LogP contribution in [-0.2, 0) is 0 Å². The fourth-order valence-corrected chi connectivity index (χ4v) is 0.214. The molecule has 1 aromatic heterocycles. The lowest BCUT2D eigenvalue weighted by Gasteiger charge is -1.72. The van der Waals surface area contributed by atoms with Crippen molar-refractivity contribution in [3.05, 3.63) is 31.1 Å². The van der Waals surface area contributed by atoms with E-state index in [2.05, 4.69) is 4.42 Å². The molecule has 36 valence electrons. The summed E-state index contributed by atoms with van der Waals surface area (Å²) in [5, 5.41) is 0. The first kappa shape index (κ1) is 3.98. The normalized spacial score (nSPS) is 9.71. The Morgan fingerprint density at radius 1 is 1.00 bits per heavy atom. The predicted octanol–water partition coefficient (Wildman–Crippen LogP) is -1.76. The van der Waals surface area contributed by atoms with Gasteiger partial charge in [-0.2, -0.15) is 0 Å². The van der Waals surface area contributed by atoms with Crippen molar-refractivity contribution in [3.8, 4) is 0 Å². The van der Waals surface area contributed by atoms with E-state index in [4.69, 9.17) is 0 Å². The van der Waals surface area contributed by atoms with Gasteiger partial charge in [0.15, 0.2) is 0 Å². The number of hydrogen-bond acceptors (Lipinski definition) is 4. The molecule has 1 heterocycles. The first-order chi connectivity index (χ1) is 3.22. The van der Waals surface area contributed by atoms with Crippen molar-refractivity contribution < 1.29 is 4.42 Å². The van der Waals surface area contributed by atoms with Gasteiger partial charge in [0.2, 0.25) is 0 Å². The highest BCUT2D eigenvalue weighted by molar-refractivity contribution is 4.79. The standard InChI is InChI=1S/C3O4/c4-1-2(5)7-3(1)6. The van der Waals surface area contributed by atoms with Crippen LogP contribution >= 0.6 is 0 Å². The number of rotatable bonds is 0. The lowest BCUT2D eigenvalue weighted by molar-refractivity contribution is 0.417. The van der Waals surface area contributed by atoms with E-state index in [9.17, 15) is 14.4 Å². The number of hydrogen-bond donors (Lipinski definition) is 0. The van der Waals surface area contributed by atoms with Gasteiger partial charge in [0.1, 0.15) is 0 Å². The summed E-state index contributed by atoms with van der Waals surface area (Å²) in [5.74, 6) is 0. The summed E-state index contributed by atoms with van der Waals surface area (Å²) in [6, 6.07) is 0. The molecule has 1 rings (SSSR count). The molecule has 0 unspecified atom stereocenters. The van der Waals surface area contributed by atoms with Crippen LogP contribution in [0.4, 0.5) is 0 Å². The molecule has 1 aromatic rings. The highest BCUT2D eigenvalue weighted by Gasteiger charge is 2.06. The monoisotopic (exact) mass is 100.0 g/mol. The first-order valence-electron chi connectivity index (χ1n) is 1.52. The topological polar surface area (TPSA) is 64.3 Å². The van der Waals surface area contributed by atoms with Gasteiger partial charge in [-0.1, -0.05) is 0 Å². The van der Waals surface area contributed by atoms with Crippen molar-refractivity contribution in [2.24, 2.45) is 0 Å². The molecule has 0 radical (unpaired) electrons. The smallest absolute Gasteiger partial charge is 0.380 e. The first-order valence-corrected chi connectivity index (χ1v) is 1.52. The van der Waals surface area contributed by atoms with E-state index in [0.717, 1.165) is 0 Å². The summed E-state index contributed by atoms with van der Waals surface area (Å²) < 4.78 is 3.62. The van der Waals surface area contributed by atoms with Gasteiger partial charge in [-0.3, -0.25) is 4.79 Å². The average Bonchev–Trinajstić information content (AvgIpc) is 1.68. The Morgan fingerprint density at radius 3 is 1.43 bits per heavy atom. The van der Waals surface area contributed by atoms with Crippen LogP contribution in [0.25, 0.3) is 0 Å². The van der Waals surface area contributed by atoms with Crippen LogP contribution in [0.5, 0.6) is 0 Å². The Kier molecular flexibility index (Phi) is 0.512. The van der Waals surface area contributed by atoms with Gasteiger partial charge in [0, 0.05) is 0 Å². The summed E-state index contributed by atoms with van der Waals surface area (Å²) in [6.07, 6.45) is 0. The van der Waals surface area contributed by atoms with Crippen LogP contribution in [0, 0.1) is 0 Å². The molecule has 0 bridgehead atoms. The van der Waals surface area contributed by atoms with E-state index in [-0.39, 0.29) is 0 Å². The highest BCUT2D eigenvalue weighted by atomic mass is 16.5. The van der Waals surface area contributed by atoms with Crippen LogP contribution in [-0.4, -0.2) is 0 Å². The zero-order valence-electron chi connectivity index (χ0n) is 3.13. The van der Waals surface area contributed by atoms with Crippen molar-refractivity contribution in [2.45, 2.75) is 0 Å². The zero-order valence-corrected chi connectivity index (χ0v) is 3.13. The van der Waals surface area contributed by atoms with Gasteiger partial charge in [0.25, 0.3) is 0 Å².